The molecule has 2 fully saturated rings. The van der Waals surface area contributed by atoms with Gasteiger partial charge < -0.3 is 5.32 Å². The molecule has 1 aromatic carbocycles. The van der Waals surface area contributed by atoms with Crippen molar-refractivity contribution in [2.75, 3.05) is 19.6 Å². The van der Waals surface area contributed by atoms with E-state index in [2.05, 4.69) is 5.32 Å². The van der Waals surface area contributed by atoms with Crippen LogP contribution in [0.5, 0.6) is 0 Å². The SMILES string of the molecule is CC.Cc1ccc(S(=O)(=O)N2CCC(C(=O)NCC3CCCCC3)CC2)c(C)c1. The number of piperidine rings is 1. The molecule has 2 aliphatic rings. The van der Waals surface area contributed by atoms with E-state index in [-0.39, 0.29) is 11.8 Å². The summed E-state index contributed by atoms with van der Waals surface area (Å²) in [5.41, 5.74) is 1.84. The van der Waals surface area contributed by atoms with Gasteiger partial charge in [-0.1, -0.05) is 50.8 Å². The van der Waals surface area contributed by atoms with E-state index in [1.807, 2.05) is 39.8 Å². The molecule has 164 valence electrons. The average Bonchev–Trinajstić information content (AvgIpc) is 2.74. The predicted octanol–water partition coefficient (Wildman–Crippen LogP) is 4.43. The molecule has 1 saturated heterocycles. The van der Waals surface area contributed by atoms with E-state index < -0.39 is 10.0 Å². The highest BCUT2D eigenvalue weighted by Gasteiger charge is 2.33. The third-order valence-corrected chi connectivity index (χ3v) is 8.12. The van der Waals surface area contributed by atoms with Crippen molar-refractivity contribution in [2.45, 2.75) is 77.5 Å². The Kier molecular flexibility index (Phi) is 9.15. The van der Waals surface area contributed by atoms with Gasteiger partial charge in [0, 0.05) is 25.6 Å². The Hall–Kier alpha value is -1.40. The van der Waals surface area contributed by atoms with Crippen LogP contribution in [0.1, 0.15) is 69.9 Å². The highest BCUT2D eigenvalue weighted by atomic mass is 32.2. The van der Waals surface area contributed by atoms with Gasteiger partial charge in [-0.2, -0.15) is 4.31 Å². The van der Waals surface area contributed by atoms with E-state index in [0.717, 1.165) is 17.7 Å². The van der Waals surface area contributed by atoms with Gasteiger partial charge in [0.05, 0.1) is 4.90 Å². The summed E-state index contributed by atoms with van der Waals surface area (Å²) in [4.78, 5) is 12.9. The van der Waals surface area contributed by atoms with E-state index in [4.69, 9.17) is 0 Å². The zero-order valence-electron chi connectivity index (χ0n) is 18.5. The molecule has 0 atom stereocenters. The van der Waals surface area contributed by atoms with Crippen LogP contribution < -0.4 is 5.32 Å². The van der Waals surface area contributed by atoms with E-state index in [1.165, 1.54) is 36.4 Å². The van der Waals surface area contributed by atoms with Gasteiger partial charge in [0.2, 0.25) is 15.9 Å². The lowest BCUT2D eigenvalue weighted by Gasteiger charge is -2.31. The van der Waals surface area contributed by atoms with Crippen molar-refractivity contribution >= 4 is 15.9 Å². The van der Waals surface area contributed by atoms with Crippen molar-refractivity contribution < 1.29 is 13.2 Å². The summed E-state index contributed by atoms with van der Waals surface area (Å²) in [5.74, 6) is 0.649. The van der Waals surface area contributed by atoms with Gasteiger partial charge in [0.25, 0.3) is 0 Å². The first-order valence-electron chi connectivity index (χ1n) is 11.2. The lowest BCUT2D eigenvalue weighted by Crippen LogP contribution is -2.44. The van der Waals surface area contributed by atoms with Crippen LogP contribution in [0.25, 0.3) is 0 Å². The number of carbonyl (C=O) groups excluding carboxylic acids is 1. The van der Waals surface area contributed by atoms with E-state index in [1.54, 1.807) is 6.07 Å². The maximum absolute atomic E-state index is 13.0. The fraction of sp³-hybridized carbons (Fsp3) is 0.696. The summed E-state index contributed by atoms with van der Waals surface area (Å²) in [6.07, 6.45) is 7.49. The van der Waals surface area contributed by atoms with Crippen LogP contribution in [-0.4, -0.2) is 38.3 Å². The van der Waals surface area contributed by atoms with Crippen molar-refractivity contribution in [1.29, 1.82) is 0 Å². The lowest BCUT2D eigenvalue weighted by molar-refractivity contribution is -0.126. The van der Waals surface area contributed by atoms with E-state index >= 15 is 0 Å². The molecule has 0 unspecified atom stereocenters. The van der Waals surface area contributed by atoms with Gasteiger partial charge in [-0.15, -0.1) is 0 Å². The van der Waals surface area contributed by atoms with Crippen LogP contribution in [0.2, 0.25) is 0 Å². The normalized spacial score (nSPS) is 19.3. The number of aryl methyl sites for hydroxylation is 2. The maximum atomic E-state index is 13.0. The Morgan fingerprint density at radius 2 is 1.66 bits per heavy atom. The van der Waals surface area contributed by atoms with Gasteiger partial charge in [-0.05, 0) is 57.1 Å². The lowest BCUT2D eigenvalue weighted by atomic mass is 9.89. The molecule has 1 N–H and O–H groups in total. The molecule has 0 bridgehead atoms. The highest BCUT2D eigenvalue weighted by Crippen LogP contribution is 2.27. The zero-order valence-corrected chi connectivity index (χ0v) is 19.4. The Labute approximate surface area is 177 Å². The van der Waals surface area contributed by atoms with Crippen molar-refractivity contribution in [3.8, 4) is 0 Å². The molecule has 1 aromatic rings. The Balaban J connectivity index is 0.00000145. The fourth-order valence-electron chi connectivity index (χ4n) is 4.37. The molecule has 1 aliphatic carbocycles. The summed E-state index contributed by atoms with van der Waals surface area (Å²) in [7, 11) is -3.49. The first kappa shape index (κ1) is 23.9. The first-order chi connectivity index (χ1) is 13.9. The molecule has 0 radical (unpaired) electrons. The number of hydrogen-bond donors (Lipinski definition) is 1. The molecule has 6 heteroatoms. The van der Waals surface area contributed by atoms with Gasteiger partial charge in [-0.3, -0.25) is 4.79 Å². The Morgan fingerprint density at radius 3 is 2.24 bits per heavy atom. The molecule has 1 saturated carbocycles. The number of amides is 1. The topological polar surface area (TPSA) is 66.5 Å². The van der Waals surface area contributed by atoms with Crippen molar-refractivity contribution in [3.05, 3.63) is 29.3 Å². The summed E-state index contributed by atoms with van der Waals surface area (Å²) in [6, 6.07) is 5.44. The smallest absolute Gasteiger partial charge is 0.243 e. The minimum atomic E-state index is -3.49. The standard InChI is InChI=1S/C21H32N2O3S.C2H6/c1-16-8-9-20(17(2)14-16)27(25,26)23-12-10-19(11-13-23)21(24)22-15-18-6-4-3-5-7-18;1-2/h8-9,14,18-19H,3-7,10-13,15H2,1-2H3,(H,22,24);1-2H3. The van der Waals surface area contributed by atoms with Gasteiger partial charge in [-0.25, -0.2) is 8.42 Å². The maximum Gasteiger partial charge on any atom is 0.243 e. The molecular weight excluding hydrogens is 384 g/mol. The Morgan fingerprint density at radius 1 is 1.03 bits per heavy atom. The van der Waals surface area contributed by atoms with Crippen LogP contribution in [0, 0.1) is 25.7 Å². The first-order valence-corrected chi connectivity index (χ1v) is 12.7. The number of nitrogens with zero attached hydrogens (tertiary/aromatic N) is 1. The molecule has 3 rings (SSSR count). The number of carbonyl (C=O) groups is 1. The largest absolute Gasteiger partial charge is 0.356 e. The minimum absolute atomic E-state index is 0.0702. The number of benzene rings is 1. The molecule has 1 aliphatic heterocycles. The number of nitrogens with one attached hydrogen (secondary N) is 1. The monoisotopic (exact) mass is 422 g/mol. The number of hydrogen-bond acceptors (Lipinski definition) is 3. The predicted molar refractivity (Wildman–Crippen MR) is 118 cm³/mol. The number of sulfonamides is 1. The fourth-order valence-corrected chi connectivity index (χ4v) is 6.04. The summed E-state index contributed by atoms with van der Waals surface area (Å²) >= 11 is 0. The van der Waals surface area contributed by atoms with E-state index in [9.17, 15) is 13.2 Å². The molecule has 0 aromatic heterocycles. The van der Waals surface area contributed by atoms with Crippen molar-refractivity contribution in [2.24, 2.45) is 11.8 Å². The summed E-state index contributed by atoms with van der Waals surface area (Å²) in [6.45, 7) is 9.40. The number of rotatable bonds is 5. The summed E-state index contributed by atoms with van der Waals surface area (Å²) in [5, 5.41) is 3.12. The second kappa shape index (κ2) is 11.1. The Bertz CT molecular complexity index is 762. The van der Waals surface area contributed by atoms with Crippen molar-refractivity contribution in [3.63, 3.8) is 0 Å². The average molecular weight is 423 g/mol. The van der Waals surface area contributed by atoms with Crippen LogP contribution in [0.4, 0.5) is 0 Å². The molecule has 5 nitrogen and oxygen atoms in total. The molecule has 29 heavy (non-hydrogen) atoms. The van der Waals surface area contributed by atoms with Crippen LogP contribution in [-0.2, 0) is 14.8 Å². The quantitative estimate of drug-likeness (QED) is 0.763. The molecule has 1 amide bonds. The second-order valence-electron chi connectivity index (χ2n) is 8.20. The molecular formula is C23H38N2O3S. The molecule has 0 spiro atoms. The van der Waals surface area contributed by atoms with Crippen LogP contribution in [0.3, 0.4) is 0 Å². The third kappa shape index (κ3) is 6.29. The van der Waals surface area contributed by atoms with Gasteiger partial charge in [0.1, 0.15) is 0 Å². The van der Waals surface area contributed by atoms with Crippen molar-refractivity contribution in [1.82, 2.24) is 9.62 Å². The van der Waals surface area contributed by atoms with Gasteiger partial charge >= 0.3 is 0 Å². The van der Waals surface area contributed by atoms with Crippen LogP contribution in [0.15, 0.2) is 23.1 Å². The molecule has 1 heterocycles. The summed E-state index contributed by atoms with van der Waals surface area (Å²) < 4.78 is 27.4. The second-order valence-corrected chi connectivity index (χ2v) is 10.1. The highest BCUT2D eigenvalue weighted by molar-refractivity contribution is 7.89. The zero-order chi connectivity index (χ0) is 21.4. The van der Waals surface area contributed by atoms with Gasteiger partial charge in [0.15, 0.2) is 0 Å². The minimum Gasteiger partial charge on any atom is -0.356 e. The third-order valence-electron chi connectivity index (χ3n) is 6.06. The van der Waals surface area contributed by atoms with Crippen LogP contribution >= 0.6 is 0 Å². The van der Waals surface area contributed by atoms with E-state index in [0.29, 0.717) is 36.7 Å².